The number of ether oxygens (including phenoxy) is 2. The van der Waals surface area contributed by atoms with E-state index in [1.54, 1.807) is 20.3 Å². The van der Waals surface area contributed by atoms with Crippen LogP contribution in [0.4, 0.5) is 0 Å². The van der Waals surface area contributed by atoms with E-state index in [1.807, 2.05) is 6.08 Å². The van der Waals surface area contributed by atoms with Gasteiger partial charge in [0, 0.05) is 25.6 Å². The number of hydrogen-bond donors (Lipinski definition) is 1. The summed E-state index contributed by atoms with van der Waals surface area (Å²) in [4.78, 5) is 13.7. The van der Waals surface area contributed by atoms with Crippen molar-refractivity contribution in [3.05, 3.63) is 37.0 Å². The zero-order valence-electron chi connectivity index (χ0n) is 15.2. The molecular weight excluding hydrogens is 316 g/mol. The van der Waals surface area contributed by atoms with Crippen LogP contribution in [0.25, 0.3) is 0 Å². The van der Waals surface area contributed by atoms with E-state index in [0.29, 0.717) is 6.42 Å². The van der Waals surface area contributed by atoms with Crippen LogP contribution in [0.2, 0.25) is 0 Å². The lowest BCUT2D eigenvalue weighted by molar-refractivity contribution is -0.271. The standard InChI is InChI=1S/C21H28O4/c1-5-7-18-9-10-19-15(13-18)11-14(21(24-3,25-4)17(19)22)12-16(19)20(18,23)8-6-2/h5-6,12,14-15,23H,1-2,7-11,13H2,3-4H3. The predicted molar refractivity (Wildman–Crippen MR) is 94.7 cm³/mol. The quantitative estimate of drug-likeness (QED) is 0.594. The molecule has 5 bridgehead atoms. The fourth-order valence-electron chi connectivity index (χ4n) is 6.82. The molecule has 4 heteroatoms. The number of carbonyl (C=O) groups excluding carboxylic acids is 1. The van der Waals surface area contributed by atoms with Gasteiger partial charge in [0.15, 0.2) is 0 Å². The van der Waals surface area contributed by atoms with Gasteiger partial charge >= 0.3 is 0 Å². The van der Waals surface area contributed by atoms with E-state index in [9.17, 15) is 9.90 Å². The molecule has 6 aliphatic carbocycles. The van der Waals surface area contributed by atoms with Crippen LogP contribution in [0.3, 0.4) is 0 Å². The highest BCUT2D eigenvalue weighted by atomic mass is 16.7. The lowest BCUT2D eigenvalue weighted by Gasteiger charge is -2.71. The van der Waals surface area contributed by atoms with Gasteiger partial charge in [0.05, 0.1) is 11.0 Å². The molecule has 0 aromatic rings. The Kier molecular flexibility index (Phi) is 3.54. The summed E-state index contributed by atoms with van der Waals surface area (Å²) in [6.07, 6.45) is 10.3. The van der Waals surface area contributed by atoms with Crippen LogP contribution in [-0.2, 0) is 14.3 Å². The molecular formula is C21H28O4. The molecule has 0 aliphatic heterocycles. The van der Waals surface area contributed by atoms with Crippen LogP contribution in [0.5, 0.6) is 0 Å². The van der Waals surface area contributed by atoms with Crippen molar-refractivity contribution in [3.8, 4) is 0 Å². The zero-order valence-corrected chi connectivity index (χ0v) is 15.2. The van der Waals surface area contributed by atoms with Gasteiger partial charge < -0.3 is 14.6 Å². The molecule has 0 heterocycles. The maximum absolute atomic E-state index is 13.7. The number of ketones is 1. The van der Waals surface area contributed by atoms with Gasteiger partial charge in [0.25, 0.3) is 0 Å². The molecule has 4 fully saturated rings. The Hall–Kier alpha value is -1.23. The molecule has 6 rings (SSSR count). The zero-order chi connectivity index (χ0) is 18.1. The third-order valence-electron chi connectivity index (χ3n) is 7.83. The first-order valence-corrected chi connectivity index (χ1v) is 9.23. The third kappa shape index (κ3) is 1.62. The van der Waals surface area contributed by atoms with Crippen molar-refractivity contribution < 1.29 is 19.4 Å². The summed E-state index contributed by atoms with van der Waals surface area (Å²) in [7, 11) is 3.10. The summed E-state index contributed by atoms with van der Waals surface area (Å²) in [6, 6.07) is 0. The second-order valence-electron chi connectivity index (χ2n) is 8.33. The monoisotopic (exact) mass is 344 g/mol. The van der Waals surface area contributed by atoms with Crippen LogP contribution in [0, 0.1) is 22.7 Å². The predicted octanol–water partition coefficient (Wildman–Crippen LogP) is 3.17. The van der Waals surface area contributed by atoms with E-state index >= 15 is 0 Å². The average molecular weight is 344 g/mol. The first-order chi connectivity index (χ1) is 11.9. The minimum Gasteiger partial charge on any atom is -0.385 e. The molecule has 0 radical (unpaired) electrons. The molecule has 136 valence electrons. The largest absolute Gasteiger partial charge is 0.385 e. The molecule has 1 N–H and O–H groups in total. The summed E-state index contributed by atoms with van der Waals surface area (Å²) in [6.45, 7) is 7.81. The first kappa shape index (κ1) is 17.2. The second kappa shape index (κ2) is 5.15. The number of Topliss-reactive ketones (excluding diaryl/α,β-unsaturated/α-hetero) is 1. The Balaban J connectivity index is 1.95. The Bertz CT molecular complexity index is 675. The van der Waals surface area contributed by atoms with E-state index in [4.69, 9.17) is 9.47 Å². The summed E-state index contributed by atoms with van der Waals surface area (Å²) in [5, 5.41) is 11.9. The summed E-state index contributed by atoms with van der Waals surface area (Å²) < 4.78 is 11.3. The van der Waals surface area contributed by atoms with Gasteiger partial charge in [-0.05, 0) is 50.0 Å². The van der Waals surface area contributed by atoms with Gasteiger partial charge in [-0.15, -0.1) is 13.2 Å². The average Bonchev–Trinajstić information content (AvgIpc) is 2.61. The Morgan fingerprint density at radius 3 is 2.52 bits per heavy atom. The molecule has 5 unspecified atom stereocenters. The molecule has 0 aromatic carbocycles. The highest BCUT2D eigenvalue weighted by Gasteiger charge is 2.77. The van der Waals surface area contributed by atoms with Crippen molar-refractivity contribution in [2.75, 3.05) is 14.2 Å². The van der Waals surface area contributed by atoms with E-state index < -0.39 is 16.8 Å². The Labute approximate surface area is 149 Å². The van der Waals surface area contributed by atoms with Gasteiger partial charge in [-0.2, -0.15) is 0 Å². The summed E-state index contributed by atoms with van der Waals surface area (Å²) in [5.41, 5.74) is -1.01. The number of methoxy groups -OCH3 is 2. The van der Waals surface area contributed by atoms with Gasteiger partial charge in [-0.1, -0.05) is 18.2 Å². The number of carbonyl (C=O) groups is 1. The smallest absolute Gasteiger partial charge is 0.235 e. The van der Waals surface area contributed by atoms with E-state index in [1.165, 1.54) is 0 Å². The number of fused-ring (bicyclic) bond motifs is 2. The molecule has 4 nitrogen and oxygen atoms in total. The highest BCUT2D eigenvalue weighted by Crippen LogP contribution is 2.75. The molecule has 5 atom stereocenters. The summed E-state index contributed by atoms with van der Waals surface area (Å²) >= 11 is 0. The van der Waals surface area contributed by atoms with E-state index in [-0.39, 0.29) is 23.0 Å². The van der Waals surface area contributed by atoms with Gasteiger partial charge in [-0.25, -0.2) is 0 Å². The van der Waals surface area contributed by atoms with Gasteiger partial charge in [-0.3, -0.25) is 4.79 Å². The normalized spacial score (nSPS) is 46.0. The van der Waals surface area contributed by atoms with Crippen LogP contribution in [0.1, 0.15) is 38.5 Å². The van der Waals surface area contributed by atoms with Gasteiger partial charge in [0.2, 0.25) is 11.6 Å². The number of hydrogen-bond acceptors (Lipinski definition) is 4. The topological polar surface area (TPSA) is 55.8 Å². The van der Waals surface area contributed by atoms with Crippen molar-refractivity contribution >= 4 is 5.78 Å². The third-order valence-corrected chi connectivity index (χ3v) is 7.83. The fraction of sp³-hybridized carbons (Fsp3) is 0.667. The first-order valence-electron chi connectivity index (χ1n) is 9.23. The van der Waals surface area contributed by atoms with Crippen molar-refractivity contribution in [1.82, 2.24) is 0 Å². The molecule has 25 heavy (non-hydrogen) atoms. The molecule has 1 spiro atoms. The molecule has 0 amide bonds. The van der Waals surface area contributed by atoms with Crippen molar-refractivity contribution in [2.24, 2.45) is 22.7 Å². The molecule has 6 aliphatic rings. The minimum absolute atomic E-state index is 0.0122. The van der Waals surface area contributed by atoms with Crippen LogP contribution in [-0.4, -0.2) is 36.5 Å². The second-order valence-corrected chi connectivity index (χ2v) is 8.33. The maximum atomic E-state index is 13.7. The highest BCUT2D eigenvalue weighted by molar-refractivity contribution is 5.98. The molecule has 0 aromatic heterocycles. The van der Waals surface area contributed by atoms with E-state index in [0.717, 1.165) is 37.7 Å². The van der Waals surface area contributed by atoms with Crippen LogP contribution in [0.15, 0.2) is 37.0 Å². The molecule has 0 saturated heterocycles. The lowest BCUT2D eigenvalue weighted by Crippen LogP contribution is -2.75. The number of aliphatic hydroxyl groups is 1. The molecule has 4 saturated carbocycles. The van der Waals surface area contributed by atoms with Crippen LogP contribution >= 0.6 is 0 Å². The Morgan fingerprint density at radius 1 is 1.24 bits per heavy atom. The Morgan fingerprint density at radius 2 is 1.92 bits per heavy atom. The minimum atomic E-state index is -1.20. The summed E-state index contributed by atoms with van der Waals surface area (Å²) in [5.74, 6) is -1.08. The van der Waals surface area contributed by atoms with Crippen molar-refractivity contribution in [2.45, 2.75) is 49.9 Å². The number of rotatable bonds is 6. The lowest BCUT2D eigenvalue weighted by atomic mass is 9.34. The number of allylic oxidation sites excluding steroid dienone is 1. The fourth-order valence-corrected chi connectivity index (χ4v) is 6.82. The van der Waals surface area contributed by atoms with Crippen LogP contribution < -0.4 is 0 Å². The van der Waals surface area contributed by atoms with Gasteiger partial charge in [0.1, 0.15) is 0 Å². The van der Waals surface area contributed by atoms with Crippen molar-refractivity contribution in [3.63, 3.8) is 0 Å². The maximum Gasteiger partial charge on any atom is 0.235 e. The van der Waals surface area contributed by atoms with E-state index in [2.05, 4.69) is 19.2 Å². The SMILES string of the molecule is C=CCC12CCC34C(=O)C(OC)(OC)C(C=C3C1(O)CC=C)CC4C2. The van der Waals surface area contributed by atoms with Crippen molar-refractivity contribution in [1.29, 1.82) is 0 Å².